The second-order valence-corrected chi connectivity index (χ2v) is 5.37. The van der Waals surface area contributed by atoms with Crippen LogP contribution < -0.4 is 0 Å². The Morgan fingerprint density at radius 2 is 1.95 bits per heavy atom. The minimum atomic E-state index is -1.01. The summed E-state index contributed by atoms with van der Waals surface area (Å²) in [5.41, 5.74) is 1.98. The second-order valence-electron chi connectivity index (χ2n) is 4.46. The van der Waals surface area contributed by atoms with Crippen molar-refractivity contribution in [3.63, 3.8) is 0 Å². The van der Waals surface area contributed by atoms with Gasteiger partial charge in [0.05, 0.1) is 12.1 Å². The van der Waals surface area contributed by atoms with Crippen molar-refractivity contribution in [2.45, 2.75) is 6.54 Å². The average Bonchev–Trinajstić information content (AvgIpc) is 2.78. The summed E-state index contributed by atoms with van der Waals surface area (Å²) in [6, 6.07) is 15.4. The summed E-state index contributed by atoms with van der Waals surface area (Å²) in [4.78, 5) is 11.3. The van der Waals surface area contributed by atoms with Crippen LogP contribution in [0.1, 0.15) is 16.1 Å². The Balaban J connectivity index is 2.14. The molecule has 1 N–H and O–H groups in total. The van der Waals surface area contributed by atoms with Crippen LogP contribution in [-0.4, -0.2) is 20.9 Å². The topological polar surface area (TPSA) is 55.1 Å². The molecule has 0 aliphatic rings. The van der Waals surface area contributed by atoms with Crippen LogP contribution in [0.25, 0.3) is 10.9 Å². The zero-order valence-electron chi connectivity index (χ0n) is 10.5. The first-order chi connectivity index (χ1) is 9.65. The van der Waals surface area contributed by atoms with Gasteiger partial charge in [-0.3, -0.25) is 4.68 Å². The van der Waals surface area contributed by atoms with Gasteiger partial charge in [0.15, 0.2) is 5.69 Å². The smallest absolute Gasteiger partial charge is 0.357 e. The van der Waals surface area contributed by atoms with Crippen LogP contribution in [-0.2, 0) is 6.54 Å². The number of hydrogen-bond donors (Lipinski definition) is 1. The van der Waals surface area contributed by atoms with Crippen molar-refractivity contribution in [1.82, 2.24) is 9.78 Å². The summed E-state index contributed by atoms with van der Waals surface area (Å²) >= 11 is 3.36. The Morgan fingerprint density at radius 1 is 1.20 bits per heavy atom. The largest absolute Gasteiger partial charge is 0.476 e. The molecule has 5 heteroatoms. The van der Waals surface area contributed by atoms with Gasteiger partial charge in [-0.15, -0.1) is 0 Å². The van der Waals surface area contributed by atoms with Crippen LogP contribution in [0.5, 0.6) is 0 Å². The van der Waals surface area contributed by atoms with Gasteiger partial charge >= 0.3 is 5.97 Å². The van der Waals surface area contributed by atoms with Crippen molar-refractivity contribution < 1.29 is 9.90 Å². The van der Waals surface area contributed by atoms with Crippen LogP contribution in [0.3, 0.4) is 0 Å². The van der Waals surface area contributed by atoms with Gasteiger partial charge < -0.3 is 5.11 Å². The lowest BCUT2D eigenvalue weighted by molar-refractivity contribution is 0.0691. The van der Waals surface area contributed by atoms with E-state index in [1.54, 1.807) is 10.7 Å². The highest BCUT2D eigenvalue weighted by molar-refractivity contribution is 9.10. The monoisotopic (exact) mass is 330 g/mol. The first-order valence-electron chi connectivity index (χ1n) is 6.08. The van der Waals surface area contributed by atoms with E-state index in [1.807, 2.05) is 42.5 Å². The quantitative estimate of drug-likeness (QED) is 0.799. The predicted octanol–water partition coefficient (Wildman–Crippen LogP) is 3.55. The molecule has 0 spiro atoms. The molecule has 0 unspecified atom stereocenters. The maximum absolute atomic E-state index is 11.3. The van der Waals surface area contributed by atoms with Crippen LogP contribution in [0.4, 0.5) is 0 Å². The SMILES string of the molecule is O=C(O)c1nn(Cc2ccccc2)c2ccc(Br)cc12. The van der Waals surface area contributed by atoms with Gasteiger partial charge in [0.1, 0.15) is 0 Å². The van der Waals surface area contributed by atoms with Crippen LogP contribution >= 0.6 is 15.9 Å². The number of carbonyl (C=O) groups is 1. The van der Waals surface area contributed by atoms with Crippen molar-refractivity contribution in [2.75, 3.05) is 0 Å². The third-order valence-electron chi connectivity index (χ3n) is 3.09. The zero-order chi connectivity index (χ0) is 14.1. The van der Waals surface area contributed by atoms with E-state index in [4.69, 9.17) is 0 Å². The summed E-state index contributed by atoms with van der Waals surface area (Å²) < 4.78 is 2.56. The molecule has 0 saturated carbocycles. The lowest BCUT2D eigenvalue weighted by Gasteiger charge is -2.03. The number of carboxylic acids is 1. The Hall–Kier alpha value is -2.14. The molecule has 20 heavy (non-hydrogen) atoms. The molecule has 1 aromatic heterocycles. The molecule has 3 aromatic rings. The standard InChI is InChI=1S/C15H11BrN2O2/c16-11-6-7-13-12(8-11)14(15(19)20)17-18(13)9-10-4-2-1-3-5-10/h1-8H,9H2,(H,19,20). The molecule has 3 rings (SSSR count). The maximum Gasteiger partial charge on any atom is 0.357 e. The van der Waals surface area contributed by atoms with E-state index in [1.165, 1.54) is 0 Å². The van der Waals surface area contributed by atoms with Crippen molar-refractivity contribution >= 4 is 32.8 Å². The molecule has 0 saturated heterocycles. The molecule has 2 aromatic carbocycles. The van der Waals surface area contributed by atoms with Gasteiger partial charge in [-0.1, -0.05) is 46.3 Å². The lowest BCUT2D eigenvalue weighted by Crippen LogP contribution is -2.04. The number of halogens is 1. The van der Waals surface area contributed by atoms with Crippen molar-refractivity contribution in [3.05, 3.63) is 64.3 Å². The third-order valence-corrected chi connectivity index (χ3v) is 3.58. The highest BCUT2D eigenvalue weighted by Gasteiger charge is 2.16. The number of aromatic carboxylic acids is 1. The minimum absolute atomic E-state index is 0.0808. The van der Waals surface area contributed by atoms with Gasteiger partial charge in [-0.05, 0) is 23.8 Å². The minimum Gasteiger partial charge on any atom is -0.476 e. The Bertz CT molecular complexity index is 781. The predicted molar refractivity (Wildman–Crippen MR) is 79.9 cm³/mol. The number of hydrogen-bond acceptors (Lipinski definition) is 2. The van der Waals surface area contributed by atoms with Crippen molar-refractivity contribution in [1.29, 1.82) is 0 Å². The van der Waals surface area contributed by atoms with Crippen LogP contribution in [0.15, 0.2) is 53.0 Å². The van der Waals surface area contributed by atoms with Gasteiger partial charge in [-0.2, -0.15) is 5.10 Å². The molecule has 0 atom stereocenters. The van der Waals surface area contributed by atoms with E-state index < -0.39 is 5.97 Å². The van der Waals surface area contributed by atoms with Crippen molar-refractivity contribution in [3.8, 4) is 0 Å². The Kier molecular flexibility index (Phi) is 3.28. The van der Waals surface area contributed by atoms with Crippen molar-refractivity contribution in [2.24, 2.45) is 0 Å². The van der Waals surface area contributed by atoms with E-state index in [-0.39, 0.29) is 5.69 Å². The summed E-state index contributed by atoms with van der Waals surface area (Å²) in [5.74, 6) is -1.01. The molecule has 100 valence electrons. The Labute approximate surface area is 123 Å². The molecular weight excluding hydrogens is 320 g/mol. The maximum atomic E-state index is 11.3. The summed E-state index contributed by atoms with van der Waals surface area (Å²) in [6.07, 6.45) is 0. The number of benzene rings is 2. The molecule has 4 nitrogen and oxygen atoms in total. The van der Waals surface area contributed by atoms with E-state index in [0.717, 1.165) is 15.6 Å². The molecule has 0 radical (unpaired) electrons. The highest BCUT2D eigenvalue weighted by Crippen LogP contribution is 2.24. The second kappa shape index (κ2) is 5.09. The summed E-state index contributed by atoms with van der Waals surface area (Å²) in [7, 11) is 0. The molecule has 0 amide bonds. The van der Waals surface area contributed by atoms with E-state index >= 15 is 0 Å². The first-order valence-corrected chi connectivity index (χ1v) is 6.88. The molecular formula is C15H11BrN2O2. The fourth-order valence-corrected chi connectivity index (χ4v) is 2.55. The van der Waals surface area contributed by atoms with E-state index in [9.17, 15) is 9.90 Å². The molecule has 0 aliphatic heterocycles. The van der Waals surface area contributed by atoms with Crippen LogP contribution in [0.2, 0.25) is 0 Å². The zero-order valence-corrected chi connectivity index (χ0v) is 12.0. The molecule has 0 bridgehead atoms. The lowest BCUT2D eigenvalue weighted by atomic mass is 10.2. The Morgan fingerprint density at radius 3 is 2.65 bits per heavy atom. The number of rotatable bonds is 3. The number of nitrogens with zero attached hydrogens (tertiary/aromatic N) is 2. The number of carboxylic acid groups (broad SMARTS) is 1. The molecule has 1 heterocycles. The fraction of sp³-hybridized carbons (Fsp3) is 0.0667. The average molecular weight is 331 g/mol. The van der Waals surface area contributed by atoms with Gasteiger partial charge in [-0.25, -0.2) is 4.79 Å². The highest BCUT2D eigenvalue weighted by atomic mass is 79.9. The molecule has 0 fully saturated rings. The number of fused-ring (bicyclic) bond motifs is 1. The van der Waals surface area contributed by atoms with Gasteiger partial charge in [0.2, 0.25) is 0 Å². The molecule has 0 aliphatic carbocycles. The first kappa shape index (κ1) is 12.9. The summed E-state index contributed by atoms with van der Waals surface area (Å²) in [5, 5.41) is 14.1. The van der Waals surface area contributed by atoms with Gasteiger partial charge in [0.25, 0.3) is 0 Å². The van der Waals surface area contributed by atoms with E-state index in [2.05, 4.69) is 21.0 Å². The number of aromatic nitrogens is 2. The normalized spacial score (nSPS) is 10.8. The third kappa shape index (κ3) is 2.32. The van der Waals surface area contributed by atoms with Gasteiger partial charge in [0, 0.05) is 9.86 Å². The summed E-state index contributed by atoms with van der Waals surface area (Å²) in [6.45, 7) is 0.548. The van der Waals surface area contributed by atoms with Crippen LogP contribution in [0, 0.1) is 0 Å². The van der Waals surface area contributed by atoms with E-state index in [0.29, 0.717) is 11.9 Å². The fourth-order valence-electron chi connectivity index (χ4n) is 2.19.